The van der Waals surface area contributed by atoms with Crippen molar-refractivity contribution < 1.29 is 28.2 Å². The first kappa shape index (κ1) is 24.3. The summed E-state index contributed by atoms with van der Waals surface area (Å²) in [6.45, 7) is 1.70. The zero-order chi connectivity index (χ0) is 22.4. The lowest BCUT2D eigenvalue weighted by atomic mass is 9.99. The number of nitrogens with one attached hydrogen (secondary N) is 2. The van der Waals surface area contributed by atoms with Crippen LogP contribution in [0.5, 0.6) is 5.75 Å². The minimum Gasteiger partial charge on any atom is -0.506 e. The molecule has 7 nitrogen and oxygen atoms in total. The van der Waals surface area contributed by atoms with Gasteiger partial charge in [-0.2, -0.15) is 13.2 Å². The number of hydrogen-bond donors (Lipinski definition) is 4. The Balaban J connectivity index is 0.00000341. The van der Waals surface area contributed by atoms with Crippen molar-refractivity contribution in [3.63, 3.8) is 0 Å². The van der Waals surface area contributed by atoms with Gasteiger partial charge >= 0.3 is 12.1 Å². The number of fused-ring (bicyclic) bond motifs is 1. The number of H-pyrrole nitrogens is 2. The molecule has 0 bridgehead atoms. The number of carboxylic acids is 1. The van der Waals surface area contributed by atoms with E-state index in [1.165, 1.54) is 18.2 Å². The Kier molecular flexibility index (Phi) is 6.77. The number of benzene rings is 1. The number of hydrogen-bond acceptors (Lipinski definition) is 4. The third kappa shape index (κ3) is 4.40. The highest BCUT2D eigenvalue weighted by atomic mass is 35.5. The number of carboxylic acid groups (broad SMARTS) is 1. The second-order valence-electron chi connectivity index (χ2n) is 7.16. The second kappa shape index (κ2) is 8.64. The van der Waals surface area contributed by atoms with Crippen LogP contribution < -0.4 is 5.56 Å². The molecule has 11 heteroatoms. The van der Waals surface area contributed by atoms with Crippen LogP contribution in [0.4, 0.5) is 13.2 Å². The quantitative estimate of drug-likeness (QED) is 0.461. The van der Waals surface area contributed by atoms with E-state index in [0.29, 0.717) is 5.56 Å². The third-order valence-electron chi connectivity index (χ3n) is 4.78. The summed E-state index contributed by atoms with van der Waals surface area (Å²) >= 11 is 0. The molecule has 31 heavy (non-hydrogen) atoms. The molecular weight excluding hydrogens is 439 g/mol. The summed E-state index contributed by atoms with van der Waals surface area (Å²) in [4.78, 5) is 30.3. The van der Waals surface area contributed by atoms with Crippen LogP contribution in [-0.4, -0.2) is 45.1 Å². The highest BCUT2D eigenvalue weighted by molar-refractivity contribution is 5.93. The summed E-state index contributed by atoms with van der Waals surface area (Å²) in [5, 5.41) is 19.4. The van der Waals surface area contributed by atoms with Crippen LogP contribution in [0.15, 0.2) is 23.0 Å². The van der Waals surface area contributed by atoms with Crippen molar-refractivity contribution in [3.05, 3.63) is 50.9 Å². The van der Waals surface area contributed by atoms with E-state index in [1.54, 1.807) is 25.9 Å². The van der Waals surface area contributed by atoms with Gasteiger partial charge in [0.1, 0.15) is 5.75 Å². The SMILES string of the molecule is CCc1c(-c2ccc3c(C(F)(F)F)c(CN(C)C)[nH]c3c2)[nH]c(=O)c(C(=O)O)c1O.Cl. The first-order valence-electron chi connectivity index (χ1n) is 9.04. The maximum atomic E-state index is 13.7. The number of nitrogens with zero attached hydrogens (tertiary/aromatic N) is 1. The zero-order valence-electron chi connectivity index (χ0n) is 16.8. The monoisotopic (exact) mass is 459 g/mol. The Bertz CT molecular complexity index is 1200. The van der Waals surface area contributed by atoms with Gasteiger partial charge in [-0.1, -0.05) is 19.1 Å². The number of halogens is 4. The Morgan fingerprint density at radius 1 is 1.19 bits per heavy atom. The molecule has 0 aliphatic carbocycles. The number of aromatic amines is 2. The van der Waals surface area contributed by atoms with Gasteiger partial charge < -0.3 is 25.1 Å². The number of aromatic carboxylic acids is 1. The number of rotatable bonds is 5. The van der Waals surface area contributed by atoms with Crippen LogP contribution in [0.2, 0.25) is 0 Å². The van der Waals surface area contributed by atoms with E-state index in [2.05, 4.69) is 9.97 Å². The molecule has 0 aliphatic rings. The highest BCUT2D eigenvalue weighted by Gasteiger charge is 2.37. The molecule has 0 fully saturated rings. The summed E-state index contributed by atoms with van der Waals surface area (Å²) in [6.07, 6.45) is -4.37. The molecule has 0 saturated heterocycles. The number of carbonyl (C=O) groups is 1. The highest BCUT2D eigenvalue weighted by Crippen LogP contribution is 2.40. The van der Waals surface area contributed by atoms with E-state index in [0.717, 1.165) is 0 Å². The van der Waals surface area contributed by atoms with Gasteiger partial charge in [-0.05, 0) is 26.6 Å². The first-order valence-corrected chi connectivity index (χ1v) is 9.04. The van der Waals surface area contributed by atoms with Gasteiger partial charge in [0.2, 0.25) is 0 Å². The minimum absolute atomic E-state index is 0. The number of alkyl halides is 3. The fraction of sp³-hybridized carbons (Fsp3) is 0.300. The summed E-state index contributed by atoms with van der Waals surface area (Å²) in [7, 11) is 3.31. The van der Waals surface area contributed by atoms with Gasteiger partial charge in [-0.25, -0.2) is 4.79 Å². The maximum absolute atomic E-state index is 13.7. The van der Waals surface area contributed by atoms with Gasteiger partial charge in [0.05, 0.1) is 11.3 Å². The fourth-order valence-electron chi connectivity index (χ4n) is 3.58. The second-order valence-corrected chi connectivity index (χ2v) is 7.16. The molecule has 0 atom stereocenters. The van der Waals surface area contributed by atoms with E-state index in [4.69, 9.17) is 5.11 Å². The lowest BCUT2D eigenvalue weighted by molar-refractivity contribution is -0.137. The van der Waals surface area contributed by atoms with E-state index in [-0.39, 0.29) is 53.2 Å². The summed E-state index contributed by atoms with van der Waals surface area (Å²) in [5.74, 6) is -2.22. The fourth-order valence-corrected chi connectivity index (χ4v) is 3.58. The normalized spacial score (nSPS) is 11.7. The largest absolute Gasteiger partial charge is 0.506 e. The zero-order valence-corrected chi connectivity index (χ0v) is 17.7. The van der Waals surface area contributed by atoms with Gasteiger partial charge in [0.25, 0.3) is 5.56 Å². The minimum atomic E-state index is -4.56. The molecule has 3 aromatic rings. The van der Waals surface area contributed by atoms with Crippen LogP contribution in [0.25, 0.3) is 22.2 Å². The standard InChI is InChI=1S/C20H20F3N3O4.ClH/c1-4-10-16(25-18(28)14(17(10)27)19(29)30)9-5-6-11-12(7-9)24-13(8-26(2)3)15(11)20(21,22)23;/h5-7,24H,4,8H2,1-3H3,(H,29,30)(H2,25,27,28);1H. The van der Waals surface area contributed by atoms with Crippen LogP contribution in [0.3, 0.4) is 0 Å². The van der Waals surface area contributed by atoms with Crippen molar-refractivity contribution in [3.8, 4) is 17.0 Å². The topological polar surface area (TPSA) is 109 Å². The van der Waals surface area contributed by atoms with Crippen molar-refractivity contribution in [2.75, 3.05) is 14.1 Å². The van der Waals surface area contributed by atoms with Crippen LogP contribution in [-0.2, 0) is 19.1 Å². The maximum Gasteiger partial charge on any atom is 0.418 e. The molecule has 0 spiro atoms. The van der Waals surface area contributed by atoms with Crippen molar-refractivity contribution in [2.24, 2.45) is 0 Å². The molecule has 0 saturated carbocycles. The molecule has 3 rings (SSSR count). The summed E-state index contributed by atoms with van der Waals surface area (Å²) < 4.78 is 41.0. The summed E-state index contributed by atoms with van der Waals surface area (Å²) in [6, 6.07) is 4.13. The lowest BCUT2D eigenvalue weighted by Gasteiger charge is -2.13. The molecule has 0 radical (unpaired) electrons. The number of pyridine rings is 1. The van der Waals surface area contributed by atoms with E-state index >= 15 is 0 Å². The van der Waals surface area contributed by atoms with Crippen LogP contribution in [0, 0.1) is 0 Å². The molecule has 0 unspecified atom stereocenters. The first-order chi connectivity index (χ1) is 14.0. The average molecular weight is 460 g/mol. The van der Waals surface area contributed by atoms with Gasteiger partial charge in [0, 0.05) is 34.3 Å². The van der Waals surface area contributed by atoms with Crippen molar-refractivity contribution in [1.29, 1.82) is 0 Å². The smallest absolute Gasteiger partial charge is 0.418 e. The van der Waals surface area contributed by atoms with E-state index in [1.807, 2.05) is 0 Å². The molecule has 0 amide bonds. The van der Waals surface area contributed by atoms with Crippen LogP contribution in [0.1, 0.15) is 34.1 Å². The molecule has 168 valence electrons. The molecular formula is C20H21ClF3N3O4. The lowest BCUT2D eigenvalue weighted by Crippen LogP contribution is -2.20. The predicted octanol–water partition coefficient (Wildman–Crippen LogP) is 3.99. The molecule has 4 N–H and O–H groups in total. The van der Waals surface area contributed by atoms with E-state index in [9.17, 15) is 27.9 Å². The van der Waals surface area contributed by atoms with E-state index < -0.39 is 34.6 Å². The van der Waals surface area contributed by atoms with Gasteiger partial charge in [-0.3, -0.25) is 4.79 Å². The summed E-state index contributed by atoms with van der Waals surface area (Å²) in [5.41, 5.74) is -1.63. The molecule has 2 aromatic heterocycles. The van der Waals surface area contributed by atoms with Crippen molar-refractivity contribution in [1.82, 2.24) is 14.9 Å². The van der Waals surface area contributed by atoms with Gasteiger partial charge in [0.15, 0.2) is 5.56 Å². The number of aromatic nitrogens is 2. The third-order valence-corrected chi connectivity index (χ3v) is 4.78. The Hall–Kier alpha value is -2.98. The van der Waals surface area contributed by atoms with Gasteiger partial charge in [-0.15, -0.1) is 12.4 Å². The number of aromatic hydroxyl groups is 1. The Morgan fingerprint density at radius 2 is 1.84 bits per heavy atom. The van der Waals surface area contributed by atoms with Crippen molar-refractivity contribution in [2.45, 2.75) is 26.1 Å². The molecule has 2 heterocycles. The van der Waals surface area contributed by atoms with Crippen molar-refractivity contribution >= 4 is 29.3 Å². The Labute approximate surface area is 180 Å². The average Bonchev–Trinajstić information content (AvgIpc) is 2.97. The van der Waals surface area contributed by atoms with Crippen LogP contribution >= 0.6 is 12.4 Å². The predicted molar refractivity (Wildman–Crippen MR) is 112 cm³/mol. The molecule has 1 aromatic carbocycles. The molecule has 0 aliphatic heterocycles. The Morgan fingerprint density at radius 3 is 2.35 bits per heavy atom.